The van der Waals surface area contributed by atoms with Gasteiger partial charge in [0.25, 0.3) is 0 Å². The molecule has 3 aromatic heterocycles. The molecule has 5 rings (SSSR count). The van der Waals surface area contributed by atoms with Crippen molar-refractivity contribution in [1.82, 2.24) is 24.7 Å². The second-order valence-electron chi connectivity index (χ2n) is 7.41. The molecule has 2 aromatic carbocycles. The van der Waals surface area contributed by atoms with Crippen molar-refractivity contribution < 1.29 is 13.9 Å². The Kier molecular flexibility index (Phi) is 5.94. The summed E-state index contributed by atoms with van der Waals surface area (Å²) in [5.74, 6) is 0.00767. The number of hydrogen-bond donors (Lipinski definition) is 2. The minimum absolute atomic E-state index is 0.0356. The molecule has 0 unspecified atom stereocenters. The summed E-state index contributed by atoms with van der Waals surface area (Å²) >= 11 is 5.79. The Labute approximate surface area is 203 Å². The van der Waals surface area contributed by atoms with E-state index < -0.39 is 11.7 Å². The van der Waals surface area contributed by atoms with Crippen LogP contribution in [0.15, 0.2) is 73.2 Å². The van der Waals surface area contributed by atoms with Gasteiger partial charge >= 0.3 is 0 Å². The number of nitrogens with one attached hydrogen (secondary N) is 1. The highest BCUT2D eigenvalue weighted by Gasteiger charge is 2.19. The van der Waals surface area contributed by atoms with Crippen LogP contribution in [0.3, 0.4) is 0 Å². The Morgan fingerprint density at radius 1 is 1.06 bits per heavy atom. The van der Waals surface area contributed by atoms with Gasteiger partial charge in [0.1, 0.15) is 30.1 Å². The predicted molar refractivity (Wildman–Crippen MR) is 130 cm³/mol. The van der Waals surface area contributed by atoms with Crippen molar-refractivity contribution in [3.8, 4) is 22.9 Å². The van der Waals surface area contributed by atoms with Gasteiger partial charge < -0.3 is 15.8 Å². The molecule has 3 heterocycles. The molecule has 11 heteroatoms. The lowest BCUT2D eigenvalue weighted by atomic mass is 10.1. The van der Waals surface area contributed by atoms with E-state index in [1.807, 2.05) is 30.3 Å². The van der Waals surface area contributed by atoms with Gasteiger partial charge in [-0.25, -0.2) is 24.0 Å². The third kappa shape index (κ3) is 4.59. The number of para-hydroxylation sites is 1. The number of carbonyl (C=O) groups excluding carboxylic acids is 1. The number of rotatable bonds is 6. The third-order valence-electron chi connectivity index (χ3n) is 5.05. The molecule has 0 saturated carbocycles. The van der Waals surface area contributed by atoms with Crippen LogP contribution in [0.25, 0.3) is 22.3 Å². The van der Waals surface area contributed by atoms with E-state index in [0.717, 1.165) is 0 Å². The number of anilines is 2. The summed E-state index contributed by atoms with van der Waals surface area (Å²) in [4.78, 5) is 25.3. The first-order valence-electron chi connectivity index (χ1n) is 10.4. The van der Waals surface area contributed by atoms with Crippen LogP contribution in [-0.4, -0.2) is 30.6 Å². The minimum atomic E-state index is -0.719. The van der Waals surface area contributed by atoms with Crippen LogP contribution in [0.1, 0.15) is 0 Å². The van der Waals surface area contributed by atoms with E-state index in [9.17, 15) is 9.18 Å². The molecule has 0 bridgehead atoms. The Balaban J connectivity index is 1.44. The lowest BCUT2D eigenvalue weighted by Crippen LogP contribution is -2.20. The number of hydrogen-bond acceptors (Lipinski definition) is 7. The zero-order chi connectivity index (χ0) is 24.4. The number of pyridine rings is 1. The molecule has 9 nitrogen and oxygen atoms in total. The summed E-state index contributed by atoms with van der Waals surface area (Å²) in [6, 6.07) is 17.1. The minimum Gasteiger partial charge on any atom is -0.439 e. The van der Waals surface area contributed by atoms with Crippen molar-refractivity contribution in [1.29, 1.82) is 0 Å². The second kappa shape index (κ2) is 9.35. The average Bonchev–Trinajstić information content (AvgIpc) is 3.22. The SMILES string of the molecule is Nc1ncnc2c1c(-c1ccc(Oc3ccccc3)nc1)nn2CC(=O)Nc1cccc(Cl)c1F. The van der Waals surface area contributed by atoms with Crippen LogP contribution in [-0.2, 0) is 11.3 Å². The van der Waals surface area contributed by atoms with Crippen molar-refractivity contribution in [2.75, 3.05) is 11.1 Å². The number of nitrogens with two attached hydrogens (primary N) is 1. The van der Waals surface area contributed by atoms with Crippen molar-refractivity contribution >= 4 is 40.0 Å². The van der Waals surface area contributed by atoms with Crippen molar-refractivity contribution in [3.05, 3.63) is 84.0 Å². The first-order chi connectivity index (χ1) is 17.0. The maximum Gasteiger partial charge on any atom is 0.246 e. The predicted octanol–water partition coefficient (Wildman–Crippen LogP) is 4.69. The molecular weight excluding hydrogens is 473 g/mol. The number of nitrogen functional groups attached to an aromatic ring is 1. The summed E-state index contributed by atoms with van der Waals surface area (Å²) in [5.41, 5.74) is 7.49. The highest BCUT2D eigenvalue weighted by atomic mass is 35.5. The van der Waals surface area contributed by atoms with Crippen LogP contribution in [0.5, 0.6) is 11.6 Å². The quantitative estimate of drug-likeness (QED) is 0.354. The highest BCUT2D eigenvalue weighted by molar-refractivity contribution is 6.31. The second-order valence-corrected chi connectivity index (χ2v) is 7.82. The number of aromatic nitrogens is 5. The third-order valence-corrected chi connectivity index (χ3v) is 5.34. The molecule has 174 valence electrons. The van der Waals surface area contributed by atoms with Crippen molar-refractivity contribution in [2.24, 2.45) is 0 Å². The van der Waals surface area contributed by atoms with Crippen molar-refractivity contribution in [2.45, 2.75) is 6.54 Å². The Morgan fingerprint density at radius 3 is 2.66 bits per heavy atom. The smallest absolute Gasteiger partial charge is 0.246 e. The Bertz CT molecular complexity index is 1520. The van der Waals surface area contributed by atoms with Crippen LogP contribution in [0.4, 0.5) is 15.9 Å². The number of carbonyl (C=O) groups is 1. The van der Waals surface area contributed by atoms with Gasteiger partial charge in [0.2, 0.25) is 11.8 Å². The number of ether oxygens (including phenoxy) is 1. The van der Waals surface area contributed by atoms with E-state index in [2.05, 4.69) is 25.4 Å². The van der Waals surface area contributed by atoms with Gasteiger partial charge in [0.05, 0.1) is 16.1 Å². The fourth-order valence-corrected chi connectivity index (χ4v) is 3.63. The fraction of sp³-hybridized carbons (Fsp3) is 0.0417. The van der Waals surface area contributed by atoms with Gasteiger partial charge in [0.15, 0.2) is 11.5 Å². The first kappa shape index (κ1) is 22.2. The van der Waals surface area contributed by atoms with E-state index in [1.54, 1.807) is 18.3 Å². The summed E-state index contributed by atoms with van der Waals surface area (Å²) in [6.07, 6.45) is 2.86. The van der Waals surface area contributed by atoms with Crippen LogP contribution < -0.4 is 15.8 Å². The number of fused-ring (bicyclic) bond motifs is 1. The van der Waals surface area contributed by atoms with Crippen LogP contribution >= 0.6 is 11.6 Å². The van der Waals surface area contributed by atoms with Gasteiger partial charge in [0, 0.05) is 17.8 Å². The molecule has 0 aliphatic heterocycles. The molecule has 0 saturated heterocycles. The molecule has 3 N–H and O–H groups in total. The monoisotopic (exact) mass is 489 g/mol. The molecule has 0 radical (unpaired) electrons. The largest absolute Gasteiger partial charge is 0.439 e. The van der Waals surface area contributed by atoms with E-state index in [-0.39, 0.29) is 23.1 Å². The average molecular weight is 490 g/mol. The summed E-state index contributed by atoms with van der Waals surface area (Å²) in [6.45, 7) is -0.248. The highest BCUT2D eigenvalue weighted by Crippen LogP contribution is 2.31. The number of amides is 1. The molecule has 0 spiro atoms. The number of nitrogens with zero attached hydrogens (tertiary/aromatic N) is 5. The lowest BCUT2D eigenvalue weighted by Gasteiger charge is -2.07. The molecule has 5 aromatic rings. The molecule has 0 aliphatic rings. The first-order valence-corrected chi connectivity index (χ1v) is 10.8. The standard InChI is InChI=1S/C24H17ClFN7O2/c25-16-7-4-8-17(21(16)26)31-18(34)12-33-24-20(23(27)29-13-30-24)22(32-33)14-9-10-19(28-11-14)35-15-5-2-1-3-6-15/h1-11,13H,12H2,(H,31,34)(H2,27,29,30). The maximum atomic E-state index is 14.2. The number of benzene rings is 2. The van der Waals surface area contributed by atoms with E-state index in [1.165, 1.54) is 29.2 Å². The zero-order valence-corrected chi connectivity index (χ0v) is 18.8. The molecule has 0 aliphatic carbocycles. The summed E-state index contributed by atoms with van der Waals surface area (Å²) < 4.78 is 21.3. The van der Waals surface area contributed by atoms with Crippen molar-refractivity contribution in [3.63, 3.8) is 0 Å². The summed E-state index contributed by atoms with van der Waals surface area (Å²) in [7, 11) is 0. The Morgan fingerprint density at radius 2 is 1.89 bits per heavy atom. The lowest BCUT2D eigenvalue weighted by molar-refractivity contribution is -0.116. The van der Waals surface area contributed by atoms with E-state index >= 15 is 0 Å². The number of halogens is 2. The van der Waals surface area contributed by atoms with E-state index in [4.69, 9.17) is 22.1 Å². The Hall–Kier alpha value is -4.57. The molecule has 1 amide bonds. The van der Waals surface area contributed by atoms with Gasteiger partial charge in [-0.2, -0.15) is 5.10 Å². The normalized spacial score (nSPS) is 10.9. The maximum absolute atomic E-state index is 14.2. The molecule has 0 fully saturated rings. The fourth-order valence-electron chi connectivity index (χ4n) is 3.46. The topological polar surface area (TPSA) is 121 Å². The van der Waals surface area contributed by atoms with Gasteiger partial charge in [-0.3, -0.25) is 4.79 Å². The molecule has 35 heavy (non-hydrogen) atoms. The van der Waals surface area contributed by atoms with Gasteiger partial charge in [-0.05, 0) is 30.3 Å². The molecular formula is C24H17ClFN7O2. The van der Waals surface area contributed by atoms with E-state index in [0.29, 0.717) is 33.9 Å². The summed E-state index contributed by atoms with van der Waals surface area (Å²) in [5, 5.41) is 7.39. The van der Waals surface area contributed by atoms with Gasteiger partial charge in [-0.1, -0.05) is 35.9 Å². The van der Waals surface area contributed by atoms with Crippen LogP contribution in [0, 0.1) is 5.82 Å². The van der Waals surface area contributed by atoms with Gasteiger partial charge in [-0.15, -0.1) is 0 Å². The zero-order valence-electron chi connectivity index (χ0n) is 18.0. The van der Waals surface area contributed by atoms with Crippen LogP contribution in [0.2, 0.25) is 5.02 Å². The molecule has 0 atom stereocenters.